The van der Waals surface area contributed by atoms with Crippen molar-refractivity contribution < 1.29 is 14.6 Å². The summed E-state index contributed by atoms with van der Waals surface area (Å²) in [5.74, 6) is 0.0714. The fraction of sp³-hybridized carbons (Fsp3) is 0.533. The normalized spacial score (nSPS) is 15.5. The van der Waals surface area contributed by atoms with E-state index in [4.69, 9.17) is 4.74 Å². The van der Waals surface area contributed by atoms with Gasteiger partial charge in [-0.25, -0.2) is 0 Å². The minimum absolute atomic E-state index is 0.0714. The molecule has 1 heterocycles. The minimum Gasteiger partial charge on any atom is -0.389 e. The summed E-state index contributed by atoms with van der Waals surface area (Å²) in [6.45, 7) is 1.75. The fourth-order valence-electron chi connectivity index (χ4n) is 2.58. The molecule has 110 valence electrons. The number of rotatable bonds is 6. The van der Waals surface area contributed by atoms with E-state index in [2.05, 4.69) is 6.07 Å². The number of likely N-dealkylation sites (N-methyl/N-ethyl adjacent to an activating group) is 1. The van der Waals surface area contributed by atoms with Crippen molar-refractivity contribution >= 4 is 11.6 Å². The first kappa shape index (κ1) is 15.0. The van der Waals surface area contributed by atoms with E-state index in [0.29, 0.717) is 13.1 Å². The van der Waals surface area contributed by atoms with E-state index in [-0.39, 0.29) is 12.5 Å². The van der Waals surface area contributed by atoms with Gasteiger partial charge in [0.1, 0.15) is 0 Å². The van der Waals surface area contributed by atoms with Gasteiger partial charge < -0.3 is 14.7 Å². The third-order valence-electron chi connectivity index (χ3n) is 3.47. The van der Waals surface area contributed by atoms with Gasteiger partial charge in [-0.1, -0.05) is 18.2 Å². The van der Waals surface area contributed by atoms with Gasteiger partial charge in [-0.2, -0.15) is 0 Å². The van der Waals surface area contributed by atoms with E-state index in [0.717, 1.165) is 18.7 Å². The molecule has 1 aliphatic heterocycles. The molecule has 1 aromatic carbocycles. The molecule has 20 heavy (non-hydrogen) atoms. The molecule has 1 N–H and O–H groups in total. The number of aliphatic hydroxyl groups is 1. The highest BCUT2D eigenvalue weighted by Crippen LogP contribution is 2.27. The molecule has 1 unspecified atom stereocenters. The summed E-state index contributed by atoms with van der Waals surface area (Å²) < 4.78 is 4.88. The standard InChI is InChI=1S/C15H22N2O3/c1-16(9-13(18)11-20-2)10-15(19)17-8-7-12-5-3-4-6-14(12)17/h3-6,13,18H,7-11H2,1-2H3. The molecule has 2 rings (SSSR count). The average Bonchev–Trinajstić information content (AvgIpc) is 2.82. The minimum atomic E-state index is -0.566. The molecule has 1 aliphatic rings. The molecule has 1 atom stereocenters. The Balaban J connectivity index is 1.90. The molecular formula is C15H22N2O3. The monoisotopic (exact) mass is 278 g/mol. The van der Waals surface area contributed by atoms with Gasteiger partial charge in [-0.15, -0.1) is 0 Å². The second kappa shape index (κ2) is 6.83. The highest BCUT2D eigenvalue weighted by Gasteiger charge is 2.25. The van der Waals surface area contributed by atoms with E-state index >= 15 is 0 Å². The summed E-state index contributed by atoms with van der Waals surface area (Å²) in [6.07, 6.45) is 0.349. The van der Waals surface area contributed by atoms with Gasteiger partial charge in [0.05, 0.1) is 19.3 Å². The third-order valence-corrected chi connectivity index (χ3v) is 3.47. The van der Waals surface area contributed by atoms with Crippen LogP contribution in [0.2, 0.25) is 0 Å². The number of hydrogen-bond donors (Lipinski definition) is 1. The first-order valence-electron chi connectivity index (χ1n) is 6.85. The smallest absolute Gasteiger partial charge is 0.241 e. The highest BCUT2D eigenvalue weighted by atomic mass is 16.5. The Morgan fingerprint density at radius 3 is 3.00 bits per heavy atom. The molecule has 5 nitrogen and oxygen atoms in total. The Morgan fingerprint density at radius 1 is 1.50 bits per heavy atom. The molecule has 0 aromatic heterocycles. The maximum absolute atomic E-state index is 12.3. The lowest BCUT2D eigenvalue weighted by Crippen LogP contribution is -2.41. The maximum atomic E-state index is 12.3. The number of carbonyl (C=O) groups excluding carboxylic acids is 1. The van der Waals surface area contributed by atoms with Crippen LogP contribution in [0.15, 0.2) is 24.3 Å². The van der Waals surface area contributed by atoms with Crippen LogP contribution in [0.1, 0.15) is 5.56 Å². The largest absolute Gasteiger partial charge is 0.389 e. The first-order valence-corrected chi connectivity index (χ1v) is 6.85. The van der Waals surface area contributed by atoms with E-state index < -0.39 is 6.10 Å². The number of aliphatic hydroxyl groups excluding tert-OH is 1. The molecule has 1 aromatic rings. The molecule has 0 saturated heterocycles. The highest BCUT2D eigenvalue weighted by molar-refractivity contribution is 5.96. The Morgan fingerprint density at radius 2 is 2.25 bits per heavy atom. The van der Waals surface area contributed by atoms with Gasteiger partial charge in [0.15, 0.2) is 0 Å². The number of anilines is 1. The molecular weight excluding hydrogens is 256 g/mol. The number of para-hydroxylation sites is 1. The van der Waals surface area contributed by atoms with Gasteiger partial charge in [0.25, 0.3) is 0 Å². The number of methoxy groups -OCH3 is 1. The van der Waals surface area contributed by atoms with Crippen LogP contribution in [0, 0.1) is 0 Å². The van der Waals surface area contributed by atoms with Crippen LogP contribution in [0.25, 0.3) is 0 Å². The number of fused-ring (bicyclic) bond motifs is 1. The van der Waals surface area contributed by atoms with Crippen molar-refractivity contribution in [2.24, 2.45) is 0 Å². The van der Waals surface area contributed by atoms with Crippen molar-refractivity contribution in [3.8, 4) is 0 Å². The fourth-order valence-corrected chi connectivity index (χ4v) is 2.58. The van der Waals surface area contributed by atoms with E-state index in [1.807, 2.05) is 35.0 Å². The van der Waals surface area contributed by atoms with Crippen LogP contribution in [0.5, 0.6) is 0 Å². The van der Waals surface area contributed by atoms with Crippen LogP contribution in [0.3, 0.4) is 0 Å². The van der Waals surface area contributed by atoms with Gasteiger partial charge in [-0.05, 0) is 25.1 Å². The Hall–Kier alpha value is -1.43. The number of carbonyl (C=O) groups is 1. The summed E-state index contributed by atoms with van der Waals surface area (Å²) in [7, 11) is 3.38. The molecule has 0 bridgehead atoms. The molecule has 0 fully saturated rings. The first-order chi connectivity index (χ1) is 9.61. The topological polar surface area (TPSA) is 53.0 Å². The van der Waals surface area contributed by atoms with Crippen molar-refractivity contribution in [3.05, 3.63) is 29.8 Å². The van der Waals surface area contributed by atoms with E-state index in [1.54, 1.807) is 7.11 Å². The van der Waals surface area contributed by atoms with E-state index in [1.165, 1.54) is 5.56 Å². The van der Waals surface area contributed by atoms with Gasteiger partial charge in [0.2, 0.25) is 5.91 Å². The van der Waals surface area contributed by atoms with Crippen molar-refractivity contribution in [2.45, 2.75) is 12.5 Å². The van der Waals surface area contributed by atoms with Gasteiger partial charge in [0, 0.05) is 25.9 Å². The number of nitrogens with zero attached hydrogens (tertiary/aromatic N) is 2. The molecule has 5 heteroatoms. The van der Waals surface area contributed by atoms with Crippen LogP contribution in [-0.4, -0.2) is 62.4 Å². The molecule has 1 amide bonds. The Labute approximate surface area is 119 Å². The second-order valence-corrected chi connectivity index (χ2v) is 5.23. The zero-order valence-electron chi connectivity index (χ0n) is 12.1. The van der Waals surface area contributed by atoms with Crippen LogP contribution >= 0.6 is 0 Å². The van der Waals surface area contributed by atoms with E-state index in [9.17, 15) is 9.90 Å². The lowest BCUT2D eigenvalue weighted by atomic mass is 10.2. The second-order valence-electron chi connectivity index (χ2n) is 5.23. The number of amides is 1. The van der Waals surface area contributed by atoms with Crippen LogP contribution in [-0.2, 0) is 16.0 Å². The zero-order chi connectivity index (χ0) is 14.5. The summed E-state index contributed by atoms with van der Waals surface area (Å²) >= 11 is 0. The van der Waals surface area contributed by atoms with Crippen molar-refractivity contribution in [1.82, 2.24) is 4.90 Å². The predicted molar refractivity (Wildman–Crippen MR) is 77.9 cm³/mol. The SMILES string of the molecule is COCC(O)CN(C)CC(=O)N1CCc2ccccc21. The lowest BCUT2D eigenvalue weighted by Gasteiger charge is -2.23. The average molecular weight is 278 g/mol. The number of ether oxygens (including phenoxy) is 1. The van der Waals surface area contributed by atoms with Gasteiger partial charge >= 0.3 is 0 Å². The predicted octanol–water partition coefficient (Wildman–Crippen LogP) is 0.515. The summed E-state index contributed by atoms with van der Waals surface area (Å²) in [4.78, 5) is 16.0. The number of hydrogen-bond acceptors (Lipinski definition) is 4. The Bertz CT molecular complexity index is 464. The van der Waals surface area contributed by atoms with Crippen molar-refractivity contribution in [2.75, 3.05) is 45.3 Å². The molecule has 0 spiro atoms. The van der Waals surface area contributed by atoms with Gasteiger partial charge in [-0.3, -0.25) is 9.69 Å². The quantitative estimate of drug-likeness (QED) is 0.824. The van der Waals surface area contributed by atoms with Crippen LogP contribution < -0.4 is 4.90 Å². The summed E-state index contributed by atoms with van der Waals surface area (Å²) in [6, 6.07) is 8.01. The number of benzene rings is 1. The molecule has 0 saturated carbocycles. The molecule has 0 radical (unpaired) electrons. The lowest BCUT2D eigenvalue weighted by molar-refractivity contribution is -0.119. The van der Waals surface area contributed by atoms with Crippen LogP contribution in [0.4, 0.5) is 5.69 Å². The Kier molecular flexibility index (Phi) is 5.11. The van der Waals surface area contributed by atoms with Crippen molar-refractivity contribution in [1.29, 1.82) is 0 Å². The molecule has 0 aliphatic carbocycles. The maximum Gasteiger partial charge on any atom is 0.241 e. The third kappa shape index (κ3) is 3.56. The zero-order valence-corrected chi connectivity index (χ0v) is 12.1. The summed E-state index contributed by atoms with van der Waals surface area (Å²) in [5, 5.41) is 9.66. The summed E-state index contributed by atoms with van der Waals surface area (Å²) in [5.41, 5.74) is 2.24. The van der Waals surface area contributed by atoms with Crippen molar-refractivity contribution in [3.63, 3.8) is 0 Å².